The van der Waals surface area contributed by atoms with E-state index < -0.39 is 6.10 Å². The summed E-state index contributed by atoms with van der Waals surface area (Å²) in [6, 6.07) is 6.89. The van der Waals surface area contributed by atoms with Gasteiger partial charge in [0.25, 0.3) is 5.91 Å². The molecule has 1 aromatic heterocycles. The van der Waals surface area contributed by atoms with Crippen molar-refractivity contribution in [1.29, 1.82) is 0 Å². The third-order valence-electron chi connectivity index (χ3n) is 2.44. The Kier molecular flexibility index (Phi) is 6.23. The molecule has 0 aliphatic heterocycles. The highest BCUT2D eigenvalue weighted by molar-refractivity contribution is 8.01. The number of rotatable bonds is 7. The summed E-state index contributed by atoms with van der Waals surface area (Å²) in [5.41, 5.74) is 0. The van der Waals surface area contributed by atoms with Crippen molar-refractivity contribution in [3.63, 3.8) is 0 Å². The maximum Gasteiger partial charge on any atom is 0.266 e. The number of anilines is 1. The molecule has 1 atom stereocenters. The number of nitrogens with one attached hydrogen (secondary N) is 1. The molecule has 0 spiro atoms. The number of aromatic nitrogens is 2. The molecule has 1 N–H and O–H groups in total. The topological polar surface area (TPSA) is 64.1 Å². The van der Waals surface area contributed by atoms with Gasteiger partial charge >= 0.3 is 0 Å². The van der Waals surface area contributed by atoms with E-state index in [-0.39, 0.29) is 5.91 Å². The lowest BCUT2D eigenvalue weighted by Crippen LogP contribution is -2.30. The van der Waals surface area contributed by atoms with Crippen LogP contribution in [0.4, 0.5) is 5.13 Å². The molecule has 2 aromatic rings. The molecule has 8 heteroatoms. The fourth-order valence-electron chi connectivity index (χ4n) is 1.45. The first-order valence-electron chi connectivity index (χ1n) is 6.39. The zero-order valence-electron chi connectivity index (χ0n) is 11.8. The van der Waals surface area contributed by atoms with Gasteiger partial charge in [-0.05, 0) is 25.1 Å². The molecule has 1 heterocycles. The van der Waals surface area contributed by atoms with Crippen LogP contribution in [0.5, 0.6) is 5.75 Å². The minimum atomic E-state index is -0.674. The van der Waals surface area contributed by atoms with Crippen molar-refractivity contribution in [2.45, 2.75) is 17.4 Å². The van der Waals surface area contributed by atoms with Crippen molar-refractivity contribution < 1.29 is 9.53 Å². The lowest BCUT2D eigenvalue weighted by atomic mass is 10.3. The first kappa shape index (κ1) is 16.8. The first-order valence-corrected chi connectivity index (χ1v) is 8.57. The molecule has 0 bridgehead atoms. The van der Waals surface area contributed by atoms with Gasteiger partial charge < -0.3 is 4.74 Å². The van der Waals surface area contributed by atoms with Crippen LogP contribution in [0.1, 0.15) is 6.92 Å². The summed E-state index contributed by atoms with van der Waals surface area (Å²) in [5.74, 6) is 0.989. The Balaban J connectivity index is 1.90. The summed E-state index contributed by atoms with van der Waals surface area (Å²) < 4.78 is 6.32. The van der Waals surface area contributed by atoms with E-state index >= 15 is 0 Å². The summed E-state index contributed by atoms with van der Waals surface area (Å²) in [7, 11) is 0. The summed E-state index contributed by atoms with van der Waals surface area (Å²) in [4.78, 5) is 12.1. The number of ether oxygens (including phenoxy) is 1. The Labute approximate surface area is 141 Å². The number of thioether (sulfide) groups is 1. The van der Waals surface area contributed by atoms with E-state index in [9.17, 15) is 4.79 Å². The van der Waals surface area contributed by atoms with E-state index in [1.165, 1.54) is 23.1 Å². The van der Waals surface area contributed by atoms with Crippen molar-refractivity contribution >= 4 is 45.7 Å². The van der Waals surface area contributed by atoms with Crippen LogP contribution in [0.25, 0.3) is 0 Å². The SMILES string of the molecule is C=CCSc1nnc(NC(=O)C(C)Oc2cccc(Cl)c2)s1. The second kappa shape index (κ2) is 8.17. The van der Waals surface area contributed by atoms with Crippen molar-refractivity contribution in [3.8, 4) is 5.75 Å². The van der Waals surface area contributed by atoms with Crippen LogP contribution in [0.2, 0.25) is 5.02 Å². The van der Waals surface area contributed by atoms with Gasteiger partial charge in [-0.1, -0.05) is 46.8 Å². The normalized spacial score (nSPS) is 11.7. The minimum Gasteiger partial charge on any atom is -0.481 e. The van der Waals surface area contributed by atoms with E-state index in [4.69, 9.17) is 16.3 Å². The highest BCUT2D eigenvalue weighted by atomic mass is 35.5. The molecule has 0 radical (unpaired) electrons. The van der Waals surface area contributed by atoms with Crippen LogP contribution in [0.3, 0.4) is 0 Å². The van der Waals surface area contributed by atoms with Gasteiger partial charge in [-0.2, -0.15) is 0 Å². The molecule has 0 aliphatic carbocycles. The second-order valence-corrected chi connectivity index (χ2v) is 6.86. The zero-order valence-corrected chi connectivity index (χ0v) is 14.2. The molecule has 0 aliphatic rings. The summed E-state index contributed by atoms with van der Waals surface area (Å²) >= 11 is 8.70. The van der Waals surface area contributed by atoms with Gasteiger partial charge in [0.15, 0.2) is 10.4 Å². The Morgan fingerprint density at radius 3 is 3.14 bits per heavy atom. The van der Waals surface area contributed by atoms with Crippen LogP contribution in [-0.4, -0.2) is 28.0 Å². The number of nitrogens with zero attached hydrogens (tertiary/aromatic N) is 2. The predicted octanol–water partition coefficient (Wildman–Crippen LogP) is 3.88. The molecule has 22 heavy (non-hydrogen) atoms. The van der Waals surface area contributed by atoms with Crippen LogP contribution < -0.4 is 10.1 Å². The molecule has 1 unspecified atom stereocenters. The summed E-state index contributed by atoms with van der Waals surface area (Å²) in [5, 5.41) is 11.6. The van der Waals surface area contributed by atoms with Crippen LogP contribution >= 0.6 is 34.7 Å². The van der Waals surface area contributed by atoms with Crippen LogP contribution in [0, 0.1) is 0 Å². The van der Waals surface area contributed by atoms with Crippen molar-refractivity contribution in [1.82, 2.24) is 10.2 Å². The van der Waals surface area contributed by atoms with Crippen molar-refractivity contribution in [3.05, 3.63) is 41.9 Å². The minimum absolute atomic E-state index is 0.295. The molecular formula is C14H14ClN3O2S2. The smallest absolute Gasteiger partial charge is 0.266 e. The molecule has 2 rings (SSSR count). The third kappa shape index (κ3) is 5.01. The molecule has 0 fully saturated rings. The highest BCUT2D eigenvalue weighted by Gasteiger charge is 2.17. The Bertz CT molecular complexity index is 663. The Hall–Kier alpha value is -1.57. The lowest BCUT2D eigenvalue weighted by molar-refractivity contribution is -0.122. The number of carbonyl (C=O) groups is 1. The molecule has 116 valence electrons. The average Bonchev–Trinajstić information content (AvgIpc) is 2.92. The molecular weight excluding hydrogens is 342 g/mol. The van der Waals surface area contributed by atoms with Crippen molar-refractivity contribution in [2.24, 2.45) is 0 Å². The van der Waals surface area contributed by atoms with Gasteiger partial charge in [0.05, 0.1) is 0 Å². The van der Waals surface area contributed by atoms with E-state index in [1.807, 2.05) is 0 Å². The van der Waals surface area contributed by atoms with E-state index in [0.717, 1.165) is 10.1 Å². The van der Waals surface area contributed by atoms with E-state index in [2.05, 4.69) is 22.1 Å². The number of hydrogen-bond donors (Lipinski definition) is 1. The number of carbonyl (C=O) groups excluding carboxylic acids is 1. The molecule has 5 nitrogen and oxygen atoms in total. The average molecular weight is 356 g/mol. The number of hydrogen-bond acceptors (Lipinski definition) is 6. The standard InChI is InChI=1S/C14H14ClN3O2S2/c1-3-7-21-14-18-17-13(22-14)16-12(19)9(2)20-11-6-4-5-10(15)8-11/h3-6,8-9H,1,7H2,2H3,(H,16,17,19). The van der Waals surface area contributed by atoms with Gasteiger partial charge in [-0.15, -0.1) is 16.8 Å². The van der Waals surface area contributed by atoms with Crippen LogP contribution in [0.15, 0.2) is 41.3 Å². The fourth-order valence-corrected chi connectivity index (χ4v) is 3.15. The second-order valence-electron chi connectivity index (χ2n) is 4.18. The first-order chi connectivity index (χ1) is 10.6. The zero-order chi connectivity index (χ0) is 15.9. The summed E-state index contributed by atoms with van der Waals surface area (Å²) in [6.45, 7) is 5.30. The fraction of sp³-hybridized carbons (Fsp3) is 0.214. The Morgan fingerprint density at radius 2 is 2.41 bits per heavy atom. The van der Waals surface area contributed by atoms with Gasteiger partial charge in [0, 0.05) is 10.8 Å². The quantitative estimate of drug-likeness (QED) is 0.464. The largest absolute Gasteiger partial charge is 0.481 e. The molecule has 1 aromatic carbocycles. The van der Waals surface area contributed by atoms with Gasteiger partial charge in [0.1, 0.15) is 5.75 Å². The van der Waals surface area contributed by atoms with Crippen molar-refractivity contribution in [2.75, 3.05) is 11.1 Å². The number of benzene rings is 1. The monoisotopic (exact) mass is 355 g/mol. The Morgan fingerprint density at radius 1 is 1.59 bits per heavy atom. The molecule has 1 amide bonds. The molecule has 0 saturated carbocycles. The third-order valence-corrected chi connectivity index (χ3v) is 4.64. The summed E-state index contributed by atoms with van der Waals surface area (Å²) in [6.07, 6.45) is 1.11. The number of amides is 1. The molecule has 0 saturated heterocycles. The van der Waals surface area contributed by atoms with Gasteiger partial charge in [-0.25, -0.2) is 0 Å². The van der Waals surface area contributed by atoms with Gasteiger partial charge in [0.2, 0.25) is 5.13 Å². The maximum absolute atomic E-state index is 12.1. The lowest BCUT2D eigenvalue weighted by Gasteiger charge is -2.13. The van der Waals surface area contributed by atoms with Gasteiger partial charge in [-0.3, -0.25) is 10.1 Å². The number of halogens is 1. The van der Waals surface area contributed by atoms with Crippen LogP contribution in [-0.2, 0) is 4.79 Å². The maximum atomic E-state index is 12.1. The highest BCUT2D eigenvalue weighted by Crippen LogP contribution is 2.25. The van der Waals surface area contributed by atoms with E-state index in [0.29, 0.717) is 15.9 Å². The van der Waals surface area contributed by atoms with E-state index in [1.54, 1.807) is 37.3 Å². The predicted molar refractivity (Wildman–Crippen MR) is 91.0 cm³/mol.